The second-order valence-corrected chi connectivity index (χ2v) is 6.27. The lowest BCUT2D eigenvalue weighted by Crippen LogP contribution is -2.33. The highest BCUT2D eigenvalue weighted by Gasteiger charge is 2.18. The average Bonchev–Trinajstić information content (AvgIpc) is 2.83. The SMILES string of the molecule is CC(C)(C)OC(=O)NCc1ncnn1CC1CCOCC1. The van der Waals surface area contributed by atoms with Gasteiger partial charge in [0.2, 0.25) is 0 Å². The fourth-order valence-electron chi connectivity index (χ4n) is 2.22. The van der Waals surface area contributed by atoms with E-state index in [1.807, 2.05) is 25.5 Å². The summed E-state index contributed by atoms with van der Waals surface area (Å²) in [5.74, 6) is 1.30. The van der Waals surface area contributed by atoms with E-state index in [0.717, 1.165) is 38.4 Å². The first-order valence-electron chi connectivity index (χ1n) is 7.35. The third-order valence-electron chi connectivity index (χ3n) is 3.26. The van der Waals surface area contributed by atoms with Crippen LogP contribution >= 0.6 is 0 Å². The number of carbonyl (C=O) groups excluding carboxylic acids is 1. The highest BCUT2D eigenvalue weighted by atomic mass is 16.6. The molecule has 7 heteroatoms. The van der Waals surface area contributed by atoms with Gasteiger partial charge in [-0.15, -0.1) is 0 Å². The van der Waals surface area contributed by atoms with Crippen molar-refractivity contribution in [3.8, 4) is 0 Å². The number of nitrogens with zero attached hydrogens (tertiary/aromatic N) is 3. The number of rotatable bonds is 4. The molecule has 0 aromatic carbocycles. The molecule has 1 aromatic heterocycles. The van der Waals surface area contributed by atoms with Crippen molar-refractivity contribution < 1.29 is 14.3 Å². The average molecular weight is 296 g/mol. The smallest absolute Gasteiger partial charge is 0.408 e. The number of nitrogens with one attached hydrogen (secondary N) is 1. The normalized spacial score (nSPS) is 16.7. The van der Waals surface area contributed by atoms with E-state index in [2.05, 4.69) is 15.4 Å². The monoisotopic (exact) mass is 296 g/mol. The van der Waals surface area contributed by atoms with Crippen LogP contribution in [0.4, 0.5) is 4.79 Å². The predicted octanol–water partition coefficient (Wildman–Crippen LogP) is 1.73. The molecular weight excluding hydrogens is 272 g/mol. The molecule has 0 atom stereocenters. The van der Waals surface area contributed by atoms with Crippen LogP contribution in [0, 0.1) is 5.92 Å². The Bertz CT molecular complexity index is 461. The third kappa shape index (κ3) is 5.34. The van der Waals surface area contributed by atoms with E-state index < -0.39 is 11.7 Å². The Kier molecular flexibility index (Phi) is 5.17. The Morgan fingerprint density at radius 1 is 1.48 bits per heavy atom. The van der Waals surface area contributed by atoms with Gasteiger partial charge >= 0.3 is 6.09 Å². The number of carbonyl (C=O) groups is 1. The van der Waals surface area contributed by atoms with Gasteiger partial charge in [0.05, 0.1) is 6.54 Å². The molecule has 2 rings (SSSR count). The Balaban J connectivity index is 1.84. The van der Waals surface area contributed by atoms with Crippen molar-refractivity contribution >= 4 is 6.09 Å². The second-order valence-electron chi connectivity index (χ2n) is 6.27. The molecule has 0 bridgehead atoms. The molecule has 1 N–H and O–H groups in total. The first kappa shape index (κ1) is 15.8. The minimum Gasteiger partial charge on any atom is -0.444 e. The molecule has 2 heterocycles. The van der Waals surface area contributed by atoms with Crippen molar-refractivity contribution in [2.24, 2.45) is 5.92 Å². The highest BCUT2D eigenvalue weighted by Crippen LogP contribution is 2.17. The van der Waals surface area contributed by atoms with Gasteiger partial charge < -0.3 is 14.8 Å². The Morgan fingerprint density at radius 3 is 2.86 bits per heavy atom. The van der Waals surface area contributed by atoms with Crippen LogP contribution in [0.25, 0.3) is 0 Å². The van der Waals surface area contributed by atoms with Crippen molar-refractivity contribution in [1.29, 1.82) is 0 Å². The maximum atomic E-state index is 11.6. The number of hydrogen-bond acceptors (Lipinski definition) is 5. The Hall–Kier alpha value is -1.63. The van der Waals surface area contributed by atoms with E-state index in [1.165, 1.54) is 6.33 Å². The summed E-state index contributed by atoms with van der Waals surface area (Å²) in [5.41, 5.74) is -0.500. The van der Waals surface area contributed by atoms with Crippen LogP contribution in [-0.2, 0) is 22.6 Å². The number of hydrogen-bond donors (Lipinski definition) is 1. The molecule has 0 spiro atoms. The largest absolute Gasteiger partial charge is 0.444 e. The van der Waals surface area contributed by atoms with Gasteiger partial charge in [-0.25, -0.2) is 14.5 Å². The minimum atomic E-state index is -0.500. The standard InChI is InChI=1S/C14H24N4O3/c1-14(2,3)21-13(19)15-8-12-16-10-17-18(12)9-11-4-6-20-7-5-11/h10-11H,4-9H2,1-3H3,(H,15,19). The predicted molar refractivity (Wildman–Crippen MR) is 76.6 cm³/mol. The molecule has 1 aliphatic rings. The van der Waals surface area contributed by atoms with Crippen LogP contribution in [0.15, 0.2) is 6.33 Å². The zero-order chi connectivity index (χ0) is 15.3. The quantitative estimate of drug-likeness (QED) is 0.915. The lowest BCUT2D eigenvalue weighted by molar-refractivity contribution is 0.0519. The van der Waals surface area contributed by atoms with E-state index in [0.29, 0.717) is 12.5 Å². The van der Waals surface area contributed by atoms with Crippen molar-refractivity contribution in [2.75, 3.05) is 13.2 Å². The summed E-state index contributed by atoms with van der Waals surface area (Å²) in [5, 5.41) is 6.95. The minimum absolute atomic E-state index is 0.318. The van der Waals surface area contributed by atoms with Gasteiger partial charge in [0.15, 0.2) is 0 Å². The molecule has 1 aliphatic heterocycles. The van der Waals surface area contributed by atoms with E-state index in [1.54, 1.807) is 0 Å². The molecule has 7 nitrogen and oxygen atoms in total. The third-order valence-corrected chi connectivity index (χ3v) is 3.26. The maximum absolute atomic E-state index is 11.6. The van der Waals surface area contributed by atoms with Gasteiger partial charge in [0, 0.05) is 19.8 Å². The summed E-state index contributed by atoms with van der Waals surface area (Å²) < 4.78 is 12.4. The molecule has 21 heavy (non-hydrogen) atoms. The second kappa shape index (κ2) is 6.89. The fourth-order valence-corrected chi connectivity index (χ4v) is 2.22. The summed E-state index contributed by atoms with van der Waals surface area (Å²) >= 11 is 0. The lowest BCUT2D eigenvalue weighted by Gasteiger charge is -2.22. The topological polar surface area (TPSA) is 78.3 Å². The number of aromatic nitrogens is 3. The maximum Gasteiger partial charge on any atom is 0.408 e. The highest BCUT2D eigenvalue weighted by molar-refractivity contribution is 5.67. The number of alkyl carbamates (subject to hydrolysis) is 1. The first-order valence-corrected chi connectivity index (χ1v) is 7.35. The lowest BCUT2D eigenvalue weighted by atomic mass is 10.0. The van der Waals surface area contributed by atoms with Gasteiger partial charge in [0.1, 0.15) is 17.8 Å². The molecule has 1 saturated heterocycles. The fraction of sp³-hybridized carbons (Fsp3) is 0.786. The summed E-state index contributed by atoms with van der Waals surface area (Å²) in [6.45, 7) is 8.25. The first-order chi connectivity index (χ1) is 9.94. The van der Waals surface area contributed by atoms with Crippen LogP contribution in [0.2, 0.25) is 0 Å². The summed E-state index contributed by atoms with van der Waals surface area (Å²) in [7, 11) is 0. The van der Waals surface area contributed by atoms with Gasteiger partial charge in [-0.05, 0) is 39.5 Å². The van der Waals surface area contributed by atoms with Crippen molar-refractivity contribution in [3.63, 3.8) is 0 Å². The molecule has 0 unspecified atom stereocenters. The van der Waals surface area contributed by atoms with E-state index in [4.69, 9.17) is 9.47 Å². The Morgan fingerprint density at radius 2 is 2.19 bits per heavy atom. The summed E-state index contributed by atoms with van der Waals surface area (Å²) in [6.07, 6.45) is 3.16. The molecule has 0 aliphatic carbocycles. The van der Waals surface area contributed by atoms with E-state index >= 15 is 0 Å². The molecule has 0 saturated carbocycles. The van der Waals surface area contributed by atoms with E-state index in [-0.39, 0.29) is 0 Å². The van der Waals surface area contributed by atoms with Gasteiger partial charge in [-0.2, -0.15) is 5.10 Å². The molecule has 0 radical (unpaired) electrons. The van der Waals surface area contributed by atoms with Crippen LogP contribution in [0.1, 0.15) is 39.4 Å². The zero-order valence-electron chi connectivity index (χ0n) is 13.0. The van der Waals surface area contributed by atoms with Gasteiger partial charge in [-0.1, -0.05) is 0 Å². The zero-order valence-corrected chi connectivity index (χ0v) is 13.0. The molecule has 1 aromatic rings. The van der Waals surface area contributed by atoms with Crippen molar-refractivity contribution in [2.45, 2.75) is 52.3 Å². The van der Waals surface area contributed by atoms with Crippen LogP contribution in [0.5, 0.6) is 0 Å². The van der Waals surface area contributed by atoms with Crippen LogP contribution in [0.3, 0.4) is 0 Å². The summed E-state index contributed by atoms with van der Waals surface area (Å²) in [6, 6.07) is 0. The van der Waals surface area contributed by atoms with Gasteiger partial charge in [-0.3, -0.25) is 0 Å². The summed E-state index contributed by atoms with van der Waals surface area (Å²) in [4.78, 5) is 15.8. The molecule has 118 valence electrons. The van der Waals surface area contributed by atoms with E-state index in [9.17, 15) is 4.79 Å². The number of amides is 1. The van der Waals surface area contributed by atoms with Crippen LogP contribution in [-0.4, -0.2) is 39.7 Å². The van der Waals surface area contributed by atoms with Gasteiger partial charge in [0.25, 0.3) is 0 Å². The van der Waals surface area contributed by atoms with Crippen molar-refractivity contribution in [1.82, 2.24) is 20.1 Å². The Labute approximate surface area is 125 Å². The molecular formula is C14H24N4O3. The molecule has 1 amide bonds. The number of ether oxygens (including phenoxy) is 2. The van der Waals surface area contributed by atoms with Crippen LogP contribution < -0.4 is 5.32 Å². The molecule has 1 fully saturated rings. The van der Waals surface area contributed by atoms with Crippen molar-refractivity contribution in [3.05, 3.63) is 12.2 Å².